The number of imidazole rings is 1. The highest BCUT2D eigenvalue weighted by Gasteiger charge is 2.24. The van der Waals surface area contributed by atoms with E-state index in [-0.39, 0.29) is 18.7 Å². The van der Waals surface area contributed by atoms with Crippen LogP contribution in [0.1, 0.15) is 30.4 Å². The van der Waals surface area contributed by atoms with E-state index in [9.17, 15) is 14.7 Å². The Bertz CT molecular complexity index is 1200. The molecule has 2 N–H and O–H groups in total. The molecule has 0 radical (unpaired) electrons. The van der Waals surface area contributed by atoms with Gasteiger partial charge in [0.1, 0.15) is 18.5 Å². The fourth-order valence-electron chi connectivity index (χ4n) is 3.99. The molecule has 0 saturated carbocycles. The molecule has 1 fully saturated rings. The van der Waals surface area contributed by atoms with Crippen molar-refractivity contribution in [2.75, 3.05) is 24.6 Å². The van der Waals surface area contributed by atoms with Crippen LogP contribution < -0.4 is 20.9 Å². The van der Waals surface area contributed by atoms with E-state index in [0.29, 0.717) is 17.3 Å². The van der Waals surface area contributed by atoms with Gasteiger partial charge in [-0.05, 0) is 56.4 Å². The molecule has 3 heterocycles. The Morgan fingerprint density at radius 3 is 2.61 bits per heavy atom. The van der Waals surface area contributed by atoms with Crippen LogP contribution in [0.2, 0.25) is 0 Å². The highest BCUT2D eigenvalue weighted by Crippen LogP contribution is 2.23. The summed E-state index contributed by atoms with van der Waals surface area (Å²) in [4.78, 5) is 33.8. The second-order valence-corrected chi connectivity index (χ2v) is 8.27. The third-order valence-electron chi connectivity index (χ3n) is 5.94. The van der Waals surface area contributed by atoms with Crippen LogP contribution in [0, 0.1) is 13.8 Å². The lowest BCUT2D eigenvalue weighted by Crippen LogP contribution is -2.34. The number of piperidine rings is 1. The van der Waals surface area contributed by atoms with E-state index >= 15 is 0 Å². The number of hydrogen-bond donors (Lipinski definition) is 2. The van der Waals surface area contributed by atoms with Gasteiger partial charge < -0.3 is 19.3 Å². The second kappa shape index (κ2) is 8.58. The standard InChI is InChI=1S/C22H29N5O4/c1-14-7-8-17(11-15(14)2)31-13-16(28)12-27-18-19(25(3)22(30)24-20(18)29)23-21(27)26-9-5-4-6-10-26/h7-8,11,16,28H,4-6,9-10,12-13H2,1-3H3,(H,24,29,30)/t16-/m1/s1. The monoisotopic (exact) mass is 427 g/mol. The van der Waals surface area contributed by atoms with Crippen molar-refractivity contribution in [1.82, 2.24) is 19.1 Å². The molecule has 3 aromatic rings. The van der Waals surface area contributed by atoms with Gasteiger partial charge in [0.05, 0.1) is 6.54 Å². The summed E-state index contributed by atoms with van der Waals surface area (Å²) in [5.41, 5.74) is 1.88. The zero-order valence-corrected chi connectivity index (χ0v) is 18.2. The highest BCUT2D eigenvalue weighted by molar-refractivity contribution is 5.74. The number of nitrogens with one attached hydrogen (secondary N) is 1. The van der Waals surface area contributed by atoms with E-state index in [4.69, 9.17) is 4.74 Å². The Hall–Kier alpha value is -3.07. The summed E-state index contributed by atoms with van der Waals surface area (Å²) in [6, 6.07) is 5.80. The molecule has 0 aliphatic carbocycles. The van der Waals surface area contributed by atoms with Gasteiger partial charge in [-0.15, -0.1) is 0 Å². The van der Waals surface area contributed by atoms with Gasteiger partial charge in [0.2, 0.25) is 5.95 Å². The van der Waals surface area contributed by atoms with Crippen molar-refractivity contribution in [1.29, 1.82) is 0 Å². The molecule has 1 aliphatic rings. The summed E-state index contributed by atoms with van der Waals surface area (Å²) in [6.45, 7) is 5.90. The normalized spacial score (nSPS) is 15.4. The number of nitrogens with zero attached hydrogens (tertiary/aromatic N) is 4. The quantitative estimate of drug-likeness (QED) is 0.617. The molecule has 1 saturated heterocycles. The SMILES string of the molecule is Cc1ccc(OC[C@H](O)Cn2c(N3CCCCC3)nc3c2c(=O)[nH]c(=O)n3C)cc1C. The molecule has 1 atom stereocenters. The molecule has 0 amide bonds. The van der Waals surface area contributed by atoms with Crippen molar-refractivity contribution in [3.8, 4) is 5.75 Å². The first kappa shape index (κ1) is 21.2. The number of H-pyrrole nitrogens is 1. The summed E-state index contributed by atoms with van der Waals surface area (Å²) < 4.78 is 8.83. The average Bonchev–Trinajstić information content (AvgIpc) is 3.13. The first-order valence-corrected chi connectivity index (χ1v) is 10.7. The molecule has 0 unspecified atom stereocenters. The van der Waals surface area contributed by atoms with Gasteiger partial charge >= 0.3 is 5.69 Å². The maximum Gasteiger partial charge on any atom is 0.329 e. The molecule has 9 heteroatoms. The van der Waals surface area contributed by atoms with Crippen molar-refractivity contribution >= 4 is 17.1 Å². The molecule has 4 rings (SSSR count). The van der Waals surface area contributed by atoms with Crippen LogP contribution in [0.4, 0.5) is 5.95 Å². The van der Waals surface area contributed by atoms with Gasteiger partial charge in [0.15, 0.2) is 11.2 Å². The van der Waals surface area contributed by atoms with Crippen molar-refractivity contribution in [3.63, 3.8) is 0 Å². The minimum Gasteiger partial charge on any atom is -0.491 e. The zero-order valence-electron chi connectivity index (χ0n) is 18.2. The number of ether oxygens (including phenoxy) is 1. The number of aliphatic hydroxyl groups is 1. The Balaban J connectivity index is 1.64. The van der Waals surface area contributed by atoms with E-state index in [1.165, 1.54) is 10.1 Å². The number of aromatic nitrogens is 4. The molecule has 0 bridgehead atoms. The highest BCUT2D eigenvalue weighted by atomic mass is 16.5. The van der Waals surface area contributed by atoms with Crippen LogP contribution in [0.3, 0.4) is 0 Å². The summed E-state index contributed by atoms with van der Waals surface area (Å²) in [5.74, 6) is 1.29. The van der Waals surface area contributed by atoms with Crippen LogP contribution in [-0.4, -0.2) is 50.0 Å². The number of aliphatic hydroxyl groups excluding tert-OH is 1. The van der Waals surface area contributed by atoms with Crippen LogP contribution in [0.25, 0.3) is 11.2 Å². The molecular formula is C22H29N5O4. The van der Waals surface area contributed by atoms with Crippen molar-refractivity contribution in [2.45, 2.75) is 45.8 Å². The topological polar surface area (TPSA) is 105 Å². The Morgan fingerprint density at radius 1 is 1.16 bits per heavy atom. The molecule has 0 spiro atoms. The average molecular weight is 428 g/mol. The lowest BCUT2D eigenvalue weighted by atomic mass is 10.1. The van der Waals surface area contributed by atoms with Crippen LogP contribution in [0.15, 0.2) is 27.8 Å². The summed E-state index contributed by atoms with van der Waals surface area (Å²) in [5, 5.41) is 10.7. The fourth-order valence-corrected chi connectivity index (χ4v) is 3.99. The van der Waals surface area contributed by atoms with E-state index in [0.717, 1.165) is 37.9 Å². The summed E-state index contributed by atoms with van der Waals surface area (Å²) in [6.07, 6.45) is 2.37. The zero-order chi connectivity index (χ0) is 22.1. The number of aromatic amines is 1. The number of anilines is 1. The van der Waals surface area contributed by atoms with Gasteiger partial charge in [0.25, 0.3) is 5.56 Å². The Kier molecular flexibility index (Phi) is 5.86. The van der Waals surface area contributed by atoms with Crippen molar-refractivity contribution < 1.29 is 9.84 Å². The minimum atomic E-state index is -0.862. The lowest BCUT2D eigenvalue weighted by Gasteiger charge is -2.28. The first-order valence-electron chi connectivity index (χ1n) is 10.7. The van der Waals surface area contributed by atoms with Gasteiger partial charge in [0, 0.05) is 20.1 Å². The maximum atomic E-state index is 12.6. The molecule has 2 aromatic heterocycles. The smallest absolute Gasteiger partial charge is 0.329 e. The maximum absolute atomic E-state index is 12.6. The summed E-state index contributed by atoms with van der Waals surface area (Å²) >= 11 is 0. The third-order valence-corrected chi connectivity index (χ3v) is 5.94. The van der Waals surface area contributed by atoms with E-state index in [1.807, 2.05) is 32.0 Å². The Morgan fingerprint density at radius 2 is 1.90 bits per heavy atom. The Labute approximate surface area is 179 Å². The minimum absolute atomic E-state index is 0.0747. The predicted molar refractivity (Wildman–Crippen MR) is 119 cm³/mol. The van der Waals surface area contributed by atoms with Gasteiger partial charge in [-0.25, -0.2) is 4.79 Å². The van der Waals surface area contributed by atoms with Crippen LogP contribution in [0.5, 0.6) is 5.75 Å². The van der Waals surface area contributed by atoms with Gasteiger partial charge in [-0.3, -0.25) is 14.3 Å². The number of aryl methyl sites for hydroxylation is 3. The fraction of sp³-hybridized carbons (Fsp3) is 0.500. The number of hydrogen-bond acceptors (Lipinski definition) is 6. The molecular weight excluding hydrogens is 398 g/mol. The molecule has 166 valence electrons. The lowest BCUT2D eigenvalue weighted by molar-refractivity contribution is 0.0935. The van der Waals surface area contributed by atoms with Crippen molar-refractivity contribution in [3.05, 3.63) is 50.2 Å². The van der Waals surface area contributed by atoms with E-state index in [1.54, 1.807) is 11.6 Å². The van der Waals surface area contributed by atoms with Gasteiger partial charge in [-0.1, -0.05) is 6.07 Å². The first-order chi connectivity index (χ1) is 14.8. The largest absolute Gasteiger partial charge is 0.491 e. The van der Waals surface area contributed by atoms with Crippen LogP contribution >= 0.6 is 0 Å². The van der Waals surface area contributed by atoms with Crippen LogP contribution in [-0.2, 0) is 13.6 Å². The molecule has 9 nitrogen and oxygen atoms in total. The number of benzene rings is 1. The molecule has 31 heavy (non-hydrogen) atoms. The number of fused-ring (bicyclic) bond motifs is 1. The van der Waals surface area contributed by atoms with Gasteiger partial charge in [-0.2, -0.15) is 4.98 Å². The van der Waals surface area contributed by atoms with E-state index < -0.39 is 17.4 Å². The van der Waals surface area contributed by atoms with E-state index in [2.05, 4.69) is 14.9 Å². The van der Waals surface area contributed by atoms with Crippen molar-refractivity contribution in [2.24, 2.45) is 7.05 Å². The molecule has 1 aliphatic heterocycles. The third kappa shape index (κ3) is 4.23. The molecule has 1 aromatic carbocycles. The predicted octanol–water partition coefficient (Wildman–Crippen LogP) is 1.47. The summed E-state index contributed by atoms with van der Waals surface area (Å²) in [7, 11) is 1.58. The second-order valence-electron chi connectivity index (χ2n) is 8.27. The number of rotatable bonds is 6.